The summed E-state index contributed by atoms with van der Waals surface area (Å²) in [4.78, 5) is 26.2. The highest BCUT2D eigenvalue weighted by atomic mass is 16.5. The van der Waals surface area contributed by atoms with Gasteiger partial charge in [-0.05, 0) is 64.2 Å². The van der Waals surface area contributed by atoms with Crippen LogP contribution in [0.15, 0.2) is 36.5 Å². The Bertz CT molecular complexity index is 1070. The maximum Gasteiger partial charge on any atom is 0.306 e. The molecule has 3 N–H and O–H groups in total. The van der Waals surface area contributed by atoms with Crippen LogP contribution in [0.1, 0.15) is 303 Å². The van der Waals surface area contributed by atoms with Crippen LogP contribution in [0.25, 0.3) is 0 Å². The number of amides is 1. The summed E-state index contributed by atoms with van der Waals surface area (Å²) in [5, 5.41) is 23.9. The summed E-state index contributed by atoms with van der Waals surface area (Å²) in [7, 11) is 0. The molecule has 65 heavy (non-hydrogen) atoms. The number of esters is 1. The molecule has 0 aliphatic rings. The van der Waals surface area contributed by atoms with Crippen molar-refractivity contribution in [1.29, 1.82) is 0 Å². The van der Waals surface area contributed by atoms with E-state index in [1.165, 1.54) is 186 Å². The first kappa shape index (κ1) is 63.1. The molecule has 0 aliphatic heterocycles. The van der Waals surface area contributed by atoms with E-state index in [1.54, 1.807) is 0 Å². The van der Waals surface area contributed by atoms with Crippen molar-refractivity contribution >= 4 is 11.9 Å². The summed E-state index contributed by atoms with van der Waals surface area (Å²) in [5.41, 5.74) is 0. The van der Waals surface area contributed by atoms with Crippen LogP contribution in [-0.2, 0) is 14.3 Å². The predicted octanol–water partition coefficient (Wildman–Crippen LogP) is 17.6. The molecule has 1 amide bonds. The standard InChI is InChI=1S/C59H111NO5/c1-4-7-10-13-16-19-22-25-28-31-33-36-39-42-45-48-51-57(62)56(54-61)60-58(63)53-55(50-47-44-41-38-35-32-29-26-23-20-17-14-11-8-5-2)65-59(64)52-49-46-43-40-37-34-30-27-24-21-18-15-12-9-6-3/h17,20,26,29,35,38,55-57,61-62H,4-16,18-19,21-25,27-28,30-34,36-37,39-54H2,1-3H3,(H,60,63)/b20-17-,29-26-,38-35-. The monoisotopic (exact) mass is 914 g/mol. The van der Waals surface area contributed by atoms with Gasteiger partial charge in [-0.2, -0.15) is 0 Å². The molecule has 382 valence electrons. The number of aliphatic hydroxyl groups excluding tert-OH is 2. The summed E-state index contributed by atoms with van der Waals surface area (Å²) in [6.45, 7) is 6.48. The van der Waals surface area contributed by atoms with Crippen molar-refractivity contribution in [2.45, 2.75) is 322 Å². The topological polar surface area (TPSA) is 95.9 Å². The minimum atomic E-state index is -0.796. The number of ether oxygens (including phenoxy) is 1. The van der Waals surface area contributed by atoms with Crippen LogP contribution in [0.2, 0.25) is 0 Å². The van der Waals surface area contributed by atoms with E-state index in [0.717, 1.165) is 70.6 Å². The quantitative estimate of drug-likeness (QED) is 0.0321. The maximum atomic E-state index is 13.3. The van der Waals surface area contributed by atoms with E-state index in [1.807, 2.05) is 0 Å². The Morgan fingerprint density at radius 2 is 0.785 bits per heavy atom. The van der Waals surface area contributed by atoms with E-state index in [9.17, 15) is 19.8 Å². The molecule has 0 aliphatic carbocycles. The smallest absolute Gasteiger partial charge is 0.306 e. The summed E-state index contributed by atoms with van der Waals surface area (Å²) in [5.74, 6) is -0.496. The number of carbonyl (C=O) groups is 2. The second kappa shape index (κ2) is 53.0. The molecular formula is C59H111NO5. The molecule has 3 atom stereocenters. The fraction of sp³-hybridized carbons (Fsp3) is 0.864. The normalized spacial score (nSPS) is 13.4. The highest BCUT2D eigenvalue weighted by Gasteiger charge is 2.24. The van der Waals surface area contributed by atoms with Crippen LogP contribution in [0.5, 0.6) is 0 Å². The molecule has 0 saturated carbocycles. The van der Waals surface area contributed by atoms with Crippen LogP contribution >= 0.6 is 0 Å². The van der Waals surface area contributed by atoms with E-state index in [4.69, 9.17) is 4.74 Å². The maximum absolute atomic E-state index is 13.3. The van der Waals surface area contributed by atoms with Crippen LogP contribution in [-0.4, -0.2) is 46.9 Å². The summed E-state index contributed by atoms with van der Waals surface area (Å²) >= 11 is 0. The Labute approximate surface area is 404 Å². The molecular weight excluding hydrogens is 803 g/mol. The molecule has 6 heteroatoms. The second-order valence-corrected chi connectivity index (χ2v) is 19.7. The molecule has 0 aromatic rings. The van der Waals surface area contributed by atoms with E-state index >= 15 is 0 Å². The van der Waals surface area contributed by atoms with Gasteiger partial charge in [0.15, 0.2) is 0 Å². The number of rotatable bonds is 52. The van der Waals surface area contributed by atoms with Gasteiger partial charge in [0.25, 0.3) is 0 Å². The van der Waals surface area contributed by atoms with E-state index in [-0.39, 0.29) is 24.9 Å². The lowest BCUT2D eigenvalue weighted by molar-refractivity contribution is -0.151. The Balaban J connectivity index is 4.57. The van der Waals surface area contributed by atoms with Gasteiger partial charge in [-0.15, -0.1) is 0 Å². The highest BCUT2D eigenvalue weighted by Crippen LogP contribution is 2.18. The lowest BCUT2D eigenvalue weighted by Crippen LogP contribution is -2.46. The van der Waals surface area contributed by atoms with Crippen LogP contribution < -0.4 is 5.32 Å². The molecule has 3 unspecified atom stereocenters. The minimum Gasteiger partial charge on any atom is -0.462 e. The van der Waals surface area contributed by atoms with Crippen molar-refractivity contribution in [3.05, 3.63) is 36.5 Å². The van der Waals surface area contributed by atoms with Crippen molar-refractivity contribution < 1.29 is 24.5 Å². The molecule has 0 saturated heterocycles. The first-order chi connectivity index (χ1) is 32.0. The lowest BCUT2D eigenvalue weighted by atomic mass is 10.0. The molecule has 0 aromatic heterocycles. The fourth-order valence-corrected chi connectivity index (χ4v) is 8.85. The van der Waals surface area contributed by atoms with Gasteiger partial charge in [-0.3, -0.25) is 9.59 Å². The minimum absolute atomic E-state index is 0.0561. The van der Waals surface area contributed by atoms with Crippen molar-refractivity contribution in [2.24, 2.45) is 0 Å². The third kappa shape index (κ3) is 48.3. The average Bonchev–Trinajstić information content (AvgIpc) is 3.30. The molecule has 0 rings (SSSR count). The fourth-order valence-electron chi connectivity index (χ4n) is 8.85. The van der Waals surface area contributed by atoms with Gasteiger partial charge >= 0.3 is 5.97 Å². The Hall–Kier alpha value is -1.92. The molecule has 6 nitrogen and oxygen atoms in total. The molecule has 0 bridgehead atoms. The largest absolute Gasteiger partial charge is 0.462 e. The van der Waals surface area contributed by atoms with Gasteiger partial charge in [-0.1, -0.05) is 263 Å². The van der Waals surface area contributed by atoms with Crippen molar-refractivity contribution in [3.8, 4) is 0 Å². The van der Waals surface area contributed by atoms with Crippen LogP contribution in [0.3, 0.4) is 0 Å². The first-order valence-corrected chi connectivity index (χ1v) is 28.7. The summed E-state index contributed by atoms with van der Waals surface area (Å²) in [6, 6.07) is -0.712. The molecule has 0 radical (unpaired) electrons. The van der Waals surface area contributed by atoms with Crippen LogP contribution in [0, 0.1) is 0 Å². The zero-order valence-electron chi connectivity index (χ0n) is 43.6. The SMILES string of the molecule is CCCCC/C=C\C/C=C\C/C=C\CCCCC(CC(=O)NC(CO)C(O)CCCCCCCCCCCCCCCCCC)OC(=O)CCCCCCCCCCCCCCCCC. The molecule has 0 fully saturated rings. The van der Waals surface area contributed by atoms with Gasteiger partial charge in [0.1, 0.15) is 6.10 Å². The number of hydrogen-bond acceptors (Lipinski definition) is 5. The zero-order chi connectivity index (χ0) is 47.4. The van der Waals surface area contributed by atoms with Crippen molar-refractivity contribution in [3.63, 3.8) is 0 Å². The summed E-state index contributed by atoms with van der Waals surface area (Å²) in [6.07, 6.45) is 63.5. The molecule has 0 aromatic carbocycles. The zero-order valence-corrected chi connectivity index (χ0v) is 43.6. The van der Waals surface area contributed by atoms with Crippen molar-refractivity contribution in [1.82, 2.24) is 5.32 Å². The first-order valence-electron chi connectivity index (χ1n) is 28.7. The number of unbranched alkanes of at least 4 members (excludes halogenated alkanes) is 34. The Morgan fingerprint density at radius 3 is 1.20 bits per heavy atom. The second-order valence-electron chi connectivity index (χ2n) is 19.7. The summed E-state index contributed by atoms with van der Waals surface area (Å²) < 4.78 is 5.94. The molecule has 0 heterocycles. The number of nitrogens with one attached hydrogen (secondary N) is 1. The van der Waals surface area contributed by atoms with Gasteiger partial charge < -0.3 is 20.3 Å². The third-order valence-corrected chi connectivity index (χ3v) is 13.2. The molecule has 0 spiro atoms. The average molecular weight is 915 g/mol. The predicted molar refractivity (Wildman–Crippen MR) is 282 cm³/mol. The lowest BCUT2D eigenvalue weighted by Gasteiger charge is -2.24. The number of aliphatic hydroxyl groups is 2. The van der Waals surface area contributed by atoms with Gasteiger partial charge in [-0.25, -0.2) is 0 Å². The van der Waals surface area contributed by atoms with Gasteiger partial charge in [0.05, 0.1) is 25.2 Å². The Kier molecular flexibility index (Phi) is 51.5. The number of carbonyl (C=O) groups excluding carboxylic acids is 2. The number of hydrogen-bond donors (Lipinski definition) is 3. The number of allylic oxidation sites excluding steroid dienone is 6. The highest BCUT2D eigenvalue weighted by molar-refractivity contribution is 5.77. The van der Waals surface area contributed by atoms with Gasteiger partial charge in [0, 0.05) is 6.42 Å². The van der Waals surface area contributed by atoms with E-state index in [2.05, 4.69) is 62.5 Å². The van der Waals surface area contributed by atoms with E-state index < -0.39 is 18.2 Å². The Morgan fingerprint density at radius 1 is 0.446 bits per heavy atom. The van der Waals surface area contributed by atoms with Gasteiger partial charge in [0.2, 0.25) is 5.91 Å². The van der Waals surface area contributed by atoms with Crippen LogP contribution in [0.4, 0.5) is 0 Å². The van der Waals surface area contributed by atoms with Crippen molar-refractivity contribution in [2.75, 3.05) is 6.61 Å². The van der Waals surface area contributed by atoms with E-state index in [0.29, 0.717) is 19.3 Å². The third-order valence-electron chi connectivity index (χ3n) is 13.2.